The Balaban J connectivity index is 1.43. The number of rotatable bonds is 3. The highest BCUT2D eigenvalue weighted by Gasteiger charge is 2.31. The molecule has 8 heteroatoms. The number of hydrogen-bond acceptors (Lipinski definition) is 6. The van der Waals surface area contributed by atoms with E-state index in [9.17, 15) is 4.79 Å². The van der Waals surface area contributed by atoms with Crippen LogP contribution >= 0.6 is 0 Å². The van der Waals surface area contributed by atoms with Crippen LogP contribution in [0.3, 0.4) is 0 Å². The minimum absolute atomic E-state index is 0.120. The smallest absolute Gasteiger partial charge is 0.251 e. The normalized spacial score (nSPS) is 21.2. The number of piperazine rings is 1. The predicted octanol–water partition coefficient (Wildman–Crippen LogP) is 0.490. The summed E-state index contributed by atoms with van der Waals surface area (Å²) in [6, 6.07) is 9.81. The van der Waals surface area contributed by atoms with Crippen LogP contribution in [0.15, 0.2) is 30.3 Å². The zero-order valence-electron chi connectivity index (χ0n) is 13.4. The largest absolute Gasteiger partial charge is 0.368 e. The first-order chi connectivity index (χ1) is 11.8. The van der Waals surface area contributed by atoms with Crippen molar-refractivity contribution >= 4 is 11.9 Å². The number of para-hydroxylation sites is 1. The lowest BCUT2D eigenvalue weighted by atomic mass is 10.2. The number of ether oxygens (including phenoxy) is 1. The third kappa shape index (κ3) is 2.84. The van der Waals surface area contributed by atoms with Gasteiger partial charge >= 0.3 is 0 Å². The van der Waals surface area contributed by atoms with Crippen molar-refractivity contribution in [3.8, 4) is 5.69 Å². The molecule has 24 heavy (non-hydrogen) atoms. The number of hydrogen-bond donors (Lipinski definition) is 0. The second kappa shape index (κ2) is 6.56. The molecule has 0 aliphatic carbocycles. The van der Waals surface area contributed by atoms with Crippen molar-refractivity contribution in [1.82, 2.24) is 25.1 Å². The van der Waals surface area contributed by atoms with Gasteiger partial charge in [0.25, 0.3) is 5.91 Å². The van der Waals surface area contributed by atoms with Crippen LogP contribution in [0.2, 0.25) is 0 Å². The van der Waals surface area contributed by atoms with E-state index in [1.165, 1.54) is 0 Å². The van der Waals surface area contributed by atoms with Gasteiger partial charge in [-0.15, -0.1) is 0 Å². The maximum absolute atomic E-state index is 12.4. The van der Waals surface area contributed by atoms with E-state index in [1.54, 1.807) is 4.68 Å². The van der Waals surface area contributed by atoms with Crippen molar-refractivity contribution in [2.45, 2.75) is 18.9 Å². The molecule has 1 atom stereocenters. The van der Waals surface area contributed by atoms with E-state index < -0.39 is 0 Å². The quantitative estimate of drug-likeness (QED) is 0.816. The minimum Gasteiger partial charge on any atom is -0.368 e. The van der Waals surface area contributed by atoms with Crippen LogP contribution in [-0.2, 0) is 9.53 Å². The SMILES string of the molecule is O=C(C1CCCO1)N1CCN(c2nnnn2-c2ccccc2)CC1. The van der Waals surface area contributed by atoms with Crippen LogP contribution in [0.1, 0.15) is 12.8 Å². The first-order valence-corrected chi connectivity index (χ1v) is 8.32. The van der Waals surface area contributed by atoms with E-state index in [-0.39, 0.29) is 12.0 Å². The zero-order valence-corrected chi connectivity index (χ0v) is 13.4. The Labute approximate surface area is 140 Å². The van der Waals surface area contributed by atoms with Gasteiger partial charge in [-0.05, 0) is 35.4 Å². The van der Waals surface area contributed by atoms with Crippen molar-refractivity contribution in [3.05, 3.63) is 30.3 Å². The van der Waals surface area contributed by atoms with Crippen molar-refractivity contribution in [1.29, 1.82) is 0 Å². The molecule has 8 nitrogen and oxygen atoms in total. The highest BCUT2D eigenvalue weighted by Crippen LogP contribution is 2.19. The summed E-state index contributed by atoms with van der Waals surface area (Å²) >= 11 is 0. The summed E-state index contributed by atoms with van der Waals surface area (Å²) in [5.41, 5.74) is 0.926. The fraction of sp³-hybridized carbons (Fsp3) is 0.500. The maximum atomic E-state index is 12.4. The Kier molecular flexibility index (Phi) is 4.12. The van der Waals surface area contributed by atoms with Gasteiger partial charge in [0, 0.05) is 32.8 Å². The van der Waals surface area contributed by atoms with Gasteiger partial charge in [-0.2, -0.15) is 4.68 Å². The van der Waals surface area contributed by atoms with Gasteiger partial charge in [0.2, 0.25) is 5.95 Å². The Morgan fingerprint density at radius 1 is 1.12 bits per heavy atom. The van der Waals surface area contributed by atoms with Crippen LogP contribution in [0, 0.1) is 0 Å². The summed E-state index contributed by atoms with van der Waals surface area (Å²) in [5.74, 6) is 0.834. The lowest BCUT2D eigenvalue weighted by molar-refractivity contribution is -0.141. The number of aromatic nitrogens is 4. The number of anilines is 1. The molecule has 3 heterocycles. The first kappa shape index (κ1) is 15.1. The van der Waals surface area contributed by atoms with Crippen molar-refractivity contribution in [2.75, 3.05) is 37.7 Å². The molecular formula is C16H20N6O2. The van der Waals surface area contributed by atoms with E-state index >= 15 is 0 Å². The van der Waals surface area contributed by atoms with Crippen LogP contribution < -0.4 is 4.90 Å². The Bertz CT molecular complexity index is 690. The number of benzene rings is 1. The molecule has 2 saturated heterocycles. The Hall–Kier alpha value is -2.48. The molecule has 126 valence electrons. The van der Waals surface area contributed by atoms with Crippen LogP contribution in [0.4, 0.5) is 5.95 Å². The van der Waals surface area contributed by atoms with Gasteiger partial charge in [0.15, 0.2) is 0 Å². The maximum Gasteiger partial charge on any atom is 0.251 e. The summed E-state index contributed by atoms with van der Waals surface area (Å²) in [4.78, 5) is 16.4. The molecule has 1 aromatic heterocycles. The third-order valence-corrected chi connectivity index (χ3v) is 4.53. The highest BCUT2D eigenvalue weighted by molar-refractivity contribution is 5.81. The standard InChI is InChI=1S/C16H20N6O2/c23-15(14-7-4-12-24-14)20-8-10-21(11-9-20)16-17-18-19-22(16)13-5-2-1-3-6-13/h1-3,5-6,14H,4,7-12H2. The van der Waals surface area contributed by atoms with E-state index in [0.717, 1.165) is 18.5 Å². The molecular weight excluding hydrogens is 308 g/mol. The first-order valence-electron chi connectivity index (χ1n) is 8.32. The molecule has 1 amide bonds. The molecule has 0 bridgehead atoms. The van der Waals surface area contributed by atoms with Gasteiger partial charge in [0.1, 0.15) is 6.10 Å². The number of carbonyl (C=O) groups is 1. The summed E-state index contributed by atoms with van der Waals surface area (Å²) in [5, 5.41) is 12.1. The van der Waals surface area contributed by atoms with Gasteiger partial charge in [-0.25, -0.2) is 0 Å². The van der Waals surface area contributed by atoms with Crippen molar-refractivity contribution < 1.29 is 9.53 Å². The average Bonchev–Trinajstić information content (AvgIpc) is 3.34. The Morgan fingerprint density at radius 3 is 2.62 bits per heavy atom. The molecule has 1 unspecified atom stereocenters. The second-order valence-corrected chi connectivity index (χ2v) is 6.04. The zero-order chi connectivity index (χ0) is 16.4. The Morgan fingerprint density at radius 2 is 1.92 bits per heavy atom. The summed E-state index contributed by atoms with van der Waals surface area (Å²) in [6.07, 6.45) is 1.57. The molecule has 0 radical (unpaired) electrons. The average molecular weight is 328 g/mol. The number of nitrogens with zero attached hydrogens (tertiary/aromatic N) is 6. The molecule has 2 aliphatic rings. The molecule has 2 aliphatic heterocycles. The molecule has 0 spiro atoms. The second-order valence-electron chi connectivity index (χ2n) is 6.04. The van der Waals surface area contributed by atoms with Gasteiger partial charge < -0.3 is 14.5 Å². The third-order valence-electron chi connectivity index (χ3n) is 4.53. The van der Waals surface area contributed by atoms with E-state index in [1.807, 2.05) is 35.2 Å². The van der Waals surface area contributed by atoms with Crippen LogP contribution in [0.25, 0.3) is 5.69 Å². The number of tetrazole rings is 1. The monoisotopic (exact) mass is 328 g/mol. The fourth-order valence-electron chi connectivity index (χ4n) is 3.22. The number of amides is 1. The summed E-state index contributed by atoms with van der Waals surface area (Å²) in [6.45, 7) is 3.46. The lowest BCUT2D eigenvalue weighted by Gasteiger charge is -2.35. The summed E-state index contributed by atoms with van der Waals surface area (Å²) < 4.78 is 7.24. The topological polar surface area (TPSA) is 76.4 Å². The van der Waals surface area contributed by atoms with E-state index in [4.69, 9.17) is 4.74 Å². The van der Waals surface area contributed by atoms with E-state index in [2.05, 4.69) is 20.4 Å². The van der Waals surface area contributed by atoms with Crippen LogP contribution in [-0.4, -0.2) is 69.9 Å². The minimum atomic E-state index is -0.244. The molecule has 2 fully saturated rings. The van der Waals surface area contributed by atoms with Crippen molar-refractivity contribution in [3.63, 3.8) is 0 Å². The van der Waals surface area contributed by atoms with Gasteiger partial charge in [-0.1, -0.05) is 23.3 Å². The van der Waals surface area contributed by atoms with Crippen LogP contribution in [0.5, 0.6) is 0 Å². The molecule has 2 aromatic rings. The van der Waals surface area contributed by atoms with E-state index in [0.29, 0.717) is 38.7 Å². The summed E-state index contributed by atoms with van der Waals surface area (Å²) in [7, 11) is 0. The predicted molar refractivity (Wildman–Crippen MR) is 86.9 cm³/mol. The molecule has 0 N–H and O–H groups in total. The van der Waals surface area contributed by atoms with Crippen molar-refractivity contribution in [2.24, 2.45) is 0 Å². The highest BCUT2D eigenvalue weighted by atomic mass is 16.5. The molecule has 0 saturated carbocycles. The lowest BCUT2D eigenvalue weighted by Crippen LogP contribution is -2.52. The molecule has 4 rings (SSSR count). The van der Waals surface area contributed by atoms with Gasteiger partial charge in [0.05, 0.1) is 5.69 Å². The van der Waals surface area contributed by atoms with Gasteiger partial charge in [-0.3, -0.25) is 4.79 Å². The fourth-order valence-corrected chi connectivity index (χ4v) is 3.22. The number of carbonyl (C=O) groups excluding carboxylic acids is 1. The molecule has 1 aromatic carbocycles.